The van der Waals surface area contributed by atoms with Crippen LogP contribution in [-0.4, -0.2) is 0 Å². The number of nitrogens with zero attached hydrogens (tertiary/aromatic N) is 2. The molecule has 11 aromatic carbocycles. The minimum atomic E-state index is -0.360. The number of anilines is 6. The summed E-state index contributed by atoms with van der Waals surface area (Å²) in [6, 6.07) is 75.9. The van der Waals surface area contributed by atoms with Gasteiger partial charge < -0.3 is 18.6 Å². The van der Waals surface area contributed by atoms with Crippen LogP contribution >= 0.6 is 0 Å². The van der Waals surface area contributed by atoms with Crippen LogP contribution in [0.5, 0.6) is 0 Å². The summed E-state index contributed by atoms with van der Waals surface area (Å²) < 4.78 is 13.6. The Labute approximate surface area is 425 Å². The van der Waals surface area contributed by atoms with E-state index in [1.54, 1.807) is 0 Å². The van der Waals surface area contributed by atoms with Crippen molar-refractivity contribution in [3.63, 3.8) is 0 Å². The zero-order chi connectivity index (χ0) is 49.3. The molecule has 1 aliphatic rings. The van der Waals surface area contributed by atoms with Crippen molar-refractivity contribution in [3.05, 3.63) is 229 Å². The molecule has 0 spiro atoms. The number of hydrogen-bond acceptors (Lipinski definition) is 4. The quantitative estimate of drug-likeness (QED) is 0.142. The molecule has 4 nitrogen and oxygen atoms in total. The lowest BCUT2D eigenvalue weighted by molar-refractivity contribution is 0.668. The lowest BCUT2D eigenvalue weighted by Crippen LogP contribution is -2.17. The molecule has 2 heterocycles. The normalized spacial score (nSPS) is 13.2. The minimum Gasteiger partial charge on any atom is -0.454 e. The van der Waals surface area contributed by atoms with Crippen LogP contribution in [0.4, 0.5) is 34.1 Å². The largest absolute Gasteiger partial charge is 0.454 e. The first kappa shape index (κ1) is 43.2. The molecule has 0 aliphatic heterocycles. The van der Waals surface area contributed by atoms with Crippen LogP contribution in [-0.2, 0) is 5.41 Å². The predicted octanol–water partition coefficient (Wildman–Crippen LogP) is 20.4. The van der Waals surface area contributed by atoms with Gasteiger partial charge in [-0.05, 0) is 139 Å². The third kappa shape index (κ3) is 6.46. The van der Waals surface area contributed by atoms with Gasteiger partial charge in [-0.3, -0.25) is 0 Å². The van der Waals surface area contributed by atoms with Crippen molar-refractivity contribution in [2.24, 2.45) is 0 Å². The van der Waals surface area contributed by atoms with E-state index in [0.717, 1.165) is 78.0 Å². The maximum Gasteiger partial charge on any atom is 0.159 e. The molecular weight excluding hydrogens is 889 g/mol. The maximum atomic E-state index is 6.85. The molecule has 352 valence electrons. The van der Waals surface area contributed by atoms with Crippen molar-refractivity contribution in [2.45, 2.75) is 58.8 Å². The fourth-order valence-corrected chi connectivity index (χ4v) is 12.5. The summed E-state index contributed by atoms with van der Waals surface area (Å²) in [5, 5.41) is 11.8. The average Bonchev–Trinajstić information content (AvgIpc) is 4.07. The monoisotopic (exact) mass is 942 g/mol. The molecule has 0 radical (unpaired) electrons. The van der Waals surface area contributed by atoms with Crippen LogP contribution in [0, 0.1) is 0 Å². The van der Waals surface area contributed by atoms with Gasteiger partial charge in [-0.1, -0.05) is 181 Å². The Balaban J connectivity index is 1.03. The average molecular weight is 943 g/mol. The molecule has 0 bridgehead atoms. The van der Waals surface area contributed by atoms with E-state index >= 15 is 0 Å². The number of rotatable bonds is 8. The van der Waals surface area contributed by atoms with Gasteiger partial charge in [0.2, 0.25) is 0 Å². The van der Waals surface area contributed by atoms with Crippen molar-refractivity contribution in [1.29, 1.82) is 0 Å². The van der Waals surface area contributed by atoms with Crippen LogP contribution in [0.15, 0.2) is 215 Å². The van der Waals surface area contributed by atoms with Gasteiger partial charge in [0.15, 0.2) is 11.2 Å². The van der Waals surface area contributed by atoms with E-state index < -0.39 is 0 Å². The van der Waals surface area contributed by atoms with E-state index in [9.17, 15) is 0 Å². The molecular formula is C69H54N2O2. The van der Waals surface area contributed by atoms with Crippen LogP contribution in [0.2, 0.25) is 0 Å². The Hall–Kier alpha value is -8.60. The molecule has 0 amide bonds. The highest BCUT2D eigenvalue weighted by Gasteiger charge is 2.41. The van der Waals surface area contributed by atoms with Gasteiger partial charge in [-0.15, -0.1) is 0 Å². The highest BCUT2D eigenvalue weighted by molar-refractivity contribution is 6.22. The van der Waals surface area contributed by atoms with E-state index in [-0.39, 0.29) is 5.41 Å². The molecule has 13 aromatic rings. The Morgan fingerprint density at radius 2 is 0.795 bits per heavy atom. The van der Waals surface area contributed by atoms with E-state index in [4.69, 9.17) is 8.83 Å². The Kier molecular flexibility index (Phi) is 9.60. The minimum absolute atomic E-state index is 0.360. The lowest BCUT2D eigenvalue weighted by atomic mass is 9.77. The van der Waals surface area contributed by atoms with Gasteiger partial charge in [0.25, 0.3) is 0 Å². The smallest absolute Gasteiger partial charge is 0.159 e. The molecule has 0 fully saturated rings. The van der Waals surface area contributed by atoms with Crippen molar-refractivity contribution in [2.75, 3.05) is 9.80 Å². The van der Waals surface area contributed by atoms with Gasteiger partial charge in [0, 0.05) is 49.4 Å². The van der Waals surface area contributed by atoms with E-state index in [1.165, 1.54) is 65.7 Å². The second-order valence-corrected chi connectivity index (χ2v) is 21.2. The van der Waals surface area contributed by atoms with Gasteiger partial charge in [0.05, 0.1) is 17.1 Å². The van der Waals surface area contributed by atoms with Crippen LogP contribution in [0.1, 0.15) is 75.6 Å². The first-order valence-corrected chi connectivity index (χ1v) is 25.8. The molecule has 4 heteroatoms. The highest BCUT2D eigenvalue weighted by atomic mass is 16.3. The summed E-state index contributed by atoms with van der Waals surface area (Å²) in [5.74, 6) is 0.826. The second kappa shape index (κ2) is 16.2. The van der Waals surface area contributed by atoms with E-state index in [2.05, 4.69) is 252 Å². The molecule has 2 aromatic heterocycles. The Morgan fingerprint density at radius 1 is 0.342 bits per heavy atom. The topological polar surface area (TPSA) is 32.8 Å². The third-order valence-corrected chi connectivity index (χ3v) is 15.9. The summed E-state index contributed by atoms with van der Waals surface area (Å²) in [7, 11) is 0. The van der Waals surface area contributed by atoms with Crippen molar-refractivity contribution in [3.8, 4) is 11.1 Å². The SMILES string of the molecule is CC(C)c1ccc(N(c2ccc3c4c(c5ccccc5c3c2)-c2cc(N(c3ccc(C(C)C)cc3)c3cccc5c3oc3ccccc35)c3ccccc3c2C4(C)C)c2cccc3c2oc2ccccc23)cc1. The molecule has 0 atom stereocenters. The lowest BCUT2D eigenvalue weighted by Gasteiger charge is -2.30. The first-order valence-electron chi connectivity index (χ1n) is 25.8. The number of fused-ring (bicyclic) bond motifs is 16. The summed E-state index contributed by atoms with van der Waals surface area (Å²) >= 11 is 0. The summed E-state index contributed by atoms with van der Waals surface area (Å²) in [4.78, 5) is 4.84. The Bertz CT molecular complexity index is 4360. The van der Waals surface area contributed by atoms with Gasteiger partial charge >= 0.3 is 0 Å². The Morgan fingerprint density at radius 3 is 1.37 bits per heavy atom. The standard InChI is InChI=1S/C69H54N2O2/c1-41(2)43-29-33-45(34-30-43)70(59-25-15-23-55-50-19-11-13-27-62(50)72-67(55)59)47-37-38-54-57(39-47)48-17-7-9-21-52(48)64-58-40-61(49-18-8-10-22-53(49)65(58)69(5,6)66(54)64)71(46-35-31-44(32-36-46)42(3)4)60-26-16-24-56-51-20-12-14-28-63(51)73-68(56)60/h7-42H,1-6H3. The summed E-state index contributed by atoms with van der Waals surface area (Å²) in [6.07, 6.45) is 0. The van der Waals surface area contributed by atoms with Gasteiger partial charge in [-0.2, -0.15) is 0 Å². The zero-order valence-corrected chi connectivity index (χ0v) is 42.0. The van der Waals surface area contributed by atoms with E-state index in [1.807, 2.05) is 6.07 Å². The number of hydrogen-bond donors (Lipinski definition) is 0. The molecule has 14 rings (SSSR count). The highest BCUT2D eigenvalue weighted by Crippen LogP contribution is 2.59. The molecule has 1 aliphatic carbocycles. The predicted molar refractivity (Wildman–Crippen MR) is 309 cm³/mol. The fourth-order valence-electron chi connectivity index (χ4n) is 12.5. The van der Waals surface area contributed by atoms with Crippen LogP contribution in [0.25, 0.3) is 87.3 Å². The molecule has 0 unspecified atom stereocenters. The number of benzene rings is 11. The van der Waals surface area contributed by atoms with Crippen molar-refractivity contribution >= 4 is 110 Å². The molecule has 0 N–H and O–H groups in total. The maximum absolute atomic E-state index is 6.85. The molecule has 73 heavy (non-hydrogen) atoms. The second-order valence-electron chi connectivity index (χ2n) is 21.2. The van der Waals surface area contributed by atoms with Crippen molar-refractivity contribution in [1.82, 2.24) is 0 Å². The van der Waals surface area contributed by atoms with Gasteiger partial charge in [-0.25, -0.2) is 0 Å². The molecule has 0 saturated carbocycles. The van der Waals surface area contributed by atoms with Crippen molar-refractivity contribution < 1.29 is 8.83 Å². The third-order valence-electron chi connectivity index (χ3n) is 15.9. The van der Waals surface area contributed by atoms with Crippen LogP contribution < -0.4 is 9.80 Å². The first-order chi connectivity index (χ1) is 35.6. The number of para-hydroxylation sites is 4. The summed E-state index contributed by atoms with van der Waals surface area (Å²) in [5.41, 5.74) is 17.4. The van der Waals surface area contributed by atoms with E-state index in [0.29, 0.717) is 11.8 Å². The summed E-state index contributed by atoms with van der Waals surface area (Å²) in [6.45, 7) is 13.9. The zero-order valence-electron chi connectivity index (χ0n) is 42.0. The fraction of sp³-hybridized carbons (Fsp3) is 0.130. The molecule has 0 saturated heterocycles. The van der Waals surface area contributed by atoms with Crippen LogP contribution in [0.3, 0.4) is 0 Å². The van der Waals surface area contributed by atoms with Gasteiger partial charge in [0.1, 0.15) is 11.2 Å². The number of furan rings is 2.